The van der Waals surface area contributed by atoms with E-state index in [2.05, 4.69) is 0 Å². The smallest absolute Gasteiger partial charge is 0.323 e. The number of fused-ring (bicyclic) bond motifs is 2. The molecule has 2 unspecified atom stereocenters. The Morgan fingerprint density at radius 2 is 1.48 bits per heavy atom. The van der Waals surface area contributed by atoms with Gasteiger partial charge in [-0.15, -0.1) is 0 Å². The minimum atomic E-state index is -1.31. The lowest BCUT2D eigenvalue weighted by atomic mass is 9.93. The van der Waals surface area contributed by atoms with Crippen LogP contribution in [-0.4, -0.2) is 106 Å². The molecule has 266 valence electrons. The summed E-state index contributed by atoms with van der Waals surface area (Å²) in [5.41, 5.74) is 1.02. The number of aromatic hydroxyl groups is 1. The SMILES string of the molecule is CC(C(=O)O)N(CCOCCOc1cc(-c2c3cc(Cl)c(=O)cc-3oc3cc(O)c(Cl)cc23)ccc1N(CC(=O)O)CC(=O)O)C(C)C(=O)O. The van der Waals surface area contributed by atoms with Crippen molar-refractivity contribution in [2.45, 2.75) is 25.9 Å². The van der Waals surface area contributed by atoms with Gasteiger partial charge in [-0.1, -0.05) is 29.3 Å². The van der Waals surface area contributed by atoms with Crippen LogP contribution in [0.5, 0.6) is 11.5 Å². The molecule has 15 nitrogen and oxygen atoms in total. The van der Waals surface area contributed by atoms with Crippen molar-refractivity contribution in [1.82, 2.24) is 4.90 Å². The quantitative estimate of drug-likeness (QED) is 0.0757. The Kier molecular flexibility index (Phi) is 12.1. The van der Waals surface area contributed by atoms with Crippen molar-refractivity contribution < 1.29 is 58.6 Å². The third-order valence-corrected chi connectivity index (χ3v) is 8.37. The number of carboxylic acids is 4. The van der Waals surface area contributed by atoms with Crippen LogP contribution < -0.4 is 15.1 Å². The summed E-state index contributed by atoms with van der Waals surface area (Å²) in [7, 11) is 0. The van der Waals surface area contributed by atoms with Crippen molar-refractivity contribution in [3.8, 4) is 33.9 Å². The number of benzene rings is 3. The number of carbonyl (C=O) groups is 4. The summed E-state index contributed by atoms with van der Waals surface area (Å²) in [4.78, 5) is 61.1. The maximum Gasteiger partial charge on any atom is 0.323 e. The zero-order chi connectivity index (χ0) is 36.9. The Bertz CT molecular complexity index is 1930. The fourth-order valence-corrected chi connectivity index (χ4v) is 5.63. The number of phenols is 1. The van der Waals surface area contributed by atoms with E-state index in [9.17, 15) is 49.5 Å². The van der Waals surface area contributed by atoms with Gasteiger partial charge in [0.2, 0.25) is 5.43 Å². The summed E-state index contributed by atoms with van der Waals surface area (Å²) >= 11 is 12.5. The molecule has 0 aromatic heterocycles. The number of hydrogen-bond donors (Lipinski definition) is 5. The number of phenolic OH excluding ortho intramolecular Hbond substituents is 1. The number of anilines is 1. The second kappa shape index (κ2) is 16.1. The van der Waals surface area contributed by atoms with Gasteiger partial charge in [0.25, 0.3) is 0 Å². The molecule has 2 atom stereocenters. The fraction of sp³-hybridized carbons (Fsp3) is 0.303. The predicted molar refractivity (Wildman–Crippen MR) is 181 cm³/mol. The molecule has 5 N–H and O–H groups in total. The number of hydrogen-bond acceptors (Lipinski definition) is 11. The van der Waals surface area contributed by atoms with Crippen LogP contribution in [-0.2, 0) is 23.9 Å². The Labute approximate surface area is 293 Å². The molecule has 1 heterocycles. The molecule has 2 aromatic carbocycles. The lowest BCUT2D eigenvalue weighted by Gasteiger charge is -2.29. The van der Waals surface area contributed by atoms with E-state index in [-0.39, 0.29) is 64.9 Å². The van der Waals surface area contributed by atoms with Crippen molar-refractivity contribution in [3.05, 3.63) is 62.7 Å². The highest BCUT2D eigenvalue weighted by molar-refractivity contribution is 6.33. The second-order valence-electron chi connectivity index (χ2n) is 11.1. The summed E-state index contributed by atoms with van der Waals surface area (Å²) in [5.74, 6) is -5.12. The fourth-order valence-electron chi connectivity index (χ4n) is 5.30. The van der Waals surface area contributed by atoms with Gasteiger partial charge in [0.05, 0.1) is 28.9 Å². The molecule has 0 spiro atoms. The molecular formula is C33H32Cl2N2O13. The van der Waals surface area contributed by atoms with Gasteiger partial charge in [-0.25, -0.2) is 0 Å². The highest BCUT2D eigenvalue weighted by Gasteiger charge is 2.29. The molecule has 0 fully saturated rings. The van der Waals surface area contributed by atoms with Crippen molar-refractivity contribution in [1.29, 1.82) is 0 Å². The van der Waals surface area contributed by atoms with Crippen LogP contribution in [0.2, 0.25) is 10.0 Å². The molecule has 0 amide bonds. The van der Waals surface area contributed by atoms with Crippen LogP contribution in [0.25, 0.3) is 33.4 Å². The van der Waals surface area contributed by atoms with Gasteiger partial charge in [0.15, 0.2) is 0 Å². The van der Waals surface area contributed by atoms with Crippen LogP contribution in [0.4, 0.5) is 5.69 Å². The van der Waals surface area contributed by atoms with Crippen LogP contribution in [0.15, 0.2) is 51.7 Å². The van der Waals surface area contributed by atoms with Crippen LogP contribution in [0, 0.1) is 0 Å². The zero-order valence-corrected chi connectivity index (χ0v) is 28.1. The maximum atomic E-state index is 12.4. The average Bonchev–Trinajstić information content (AvgIpc) is 3.03. The first-order valence-electron chi connectivity index (χ1n) is 14.9. The first-order chi connectivity index (χ1) is 23.6. The van der Waals surface area contributed by atoms with Gasteiger partial charge in [-0.3, -0.25) is 28.9 Å². The van der Waals surface area contributed by atoms with Crippen molar-refractivity contribution >= 4 is 63.7 Å². The van der Waals surface area contributed by atoms with E-state index < -0.39 is 54.5 Å². The topological polar surface area (TPSA) is 225 Å². The molecule has 2 aliphatic rings. The molecule has 4 rings (SSSR count). The highest BCUT2D eigenvalue weighted by Crippen LogP contribution is 2.45. The second-order valence-corrected chi connectivity index (χ2v) is 11.9. The molecule has 0 bridgehead atoms. The Morgan fingerprint density at radius 1 is 0.840 bits per heavy atom. The van der Waals surface area contributed by atoms with Crippen LogP contribution in [0.3, 0.4) is 0 Å². The first-order valence-corrected chi connectivity index (χ1v) is 15.7. The monoisotopic (exact) mass is 734 g/mol. The van der Waals surface area contributed by atoms with E-state index in [0.717, 1.165) is 4.90 Å². The van der Waals surface area contributed by atoms with Gasteiger partial charge < -0.3 is 44.3 Å². The number of nitrogens with zero attached hydrogens (tertiary/aromatic N) is 2. The van der Waals surface area contributed by atoms with E-state index in [1.54, 1.807) is 6.07 Å². The maximum absolute atomic E-state index is 12.4. The zero-order valence-electron chi connectivity index (χ0n) is 26.6. The number of rotatable bonds is 17. The molecule has 0 saturated carbocycles. The van der Waals surface area contributed by atoms with Crippen molar-refractivity contribution in [3.63, 3.8) is 0 Å². The summed E-state index contributed by atoms with van der Waals surface area (Å²) in [6.07, 6.45) is 0. The number of carboxylic acid groups (broad SMARTS) is 4. The Hall–Kier alpha value is -5.09. The Balaban J connectivity index is 1.72. The van der Waals surface area contributed by atoms with Crippen LogP contribution in [0.1, 0.15) is 13.8 Å². The van der Waals surface area contributed by atoms with E-state index in [0.29, 0.717) is 22.1 Å². The largest absolute Gasteiger partial charge is 0.506 e. The van der Waals surface area contributed by atoms with Crippen molar-refractivity contribution in [2.75, 3.05) is 44.4 Å². The summed E-state index contributed by atoms with van der Waals surface area (Å²) in [6.45, 7) is 1.02. The molecular weight excluding hydrogens is 703 g/mol. The van der Waals surface area contributed by atoms with E-state index in [1.165, 1.54) is 55.1 Å². The van der Waals surface area contributed by atoms with Gasteiger partial charge in [0, 0.05) is 35.2 Å². The Morgan fingerprint density at radius 3 is 2.08 bits per heavy atom. The summed E-state index contributed by atoms with van der Waals surface area (Å²) in [6, 6.07) is 7.67. The standard InChI is InChI=1S/C33H32Cl2N2O13/c1-16(32(44)45)37(17(2)33(46)47)5-6-48-7-8-49-28-9-18(3-4-23(28)36(14-29(40)41)15-30(42)43)31-19-10-21(34)24(38)12-26(19)50-27-13-25(39)22(35)11-20(27)31/h3-4,9-13,16-17,38H,5-8,14-15H2,1-2H3,(H,40,41)(H,42,43)(H,44,45)(H,46,47). The van der Waals surface area contributed by atoms with Crippen LogP contribution >= 0.6 is 23.2 Å². The number of aliphatic carboxylic acids is 4. The van der Waals surface area contributed by atoms with E-state index in [4.69, 9.17) is 37.1 Å². The summed E-state index contributed by atoms with van der Waals surface area (Å²) in [5, 5.41) is 48.4. The van der Waals surface area contributed by atoms with E-state index in [1.807, 2.05) is 0 Å². The van der Waals surface area contributed by atoms with Gasteiger partial charge >= 0.3 is 23.9 Å². The number of ether oxygens (including phenoxy) is 2. The molecule has 17 heteroatoms. The summed E-state index contributed by atoms with van der Waals surface area (Å²) < 4.78 is 17.5. The highest BCUT2D eigenvalue weighted by atomic mass is 35.5. The molecule has 1 aliphatic heterocycles. The molecule has 2 aromatic rings. The lowest BCUT2D eigenvalue weighted by Crippen LogP contribution is -2.49. The third kappa shape index (κ3) is 8.73. The third-order valence-electron chi connectivity index (χ3n) is 7.77. The van der Waals surface area contributed by atoms with Crippen molar-refractivity contribution in [2.24, 2.45) is 0 Å². The normalized spacial score (nSPS) is 12.6. The number of halogens is 2. The molecule has 1 aliphatic carbocycles. The minimum absolute atomic E-state index is 0.00626. The molecule has 0 radical (unpaired) electrons. The van der Waals surface area contributed by atoms with E-state index >= 15 is 0 Å². The lowest BCUT2D eigenvalue weighted by molar-refractivity contribution is -0.150. The average molecular weight is 736 g/mol. The minimum Gasteiger partial charge on any atom is -0.506 e. The predicted octanol–water partition coefficient (Wildman–Crippen LogP) is 4.20. The van der Waals surface area contributed by atoms with Gasteiger partial charge in [-0.2, -0.15) is 0 Å². The van der Waals surface area contributed by atoms with Gasteiger partial charge in [0.1, 0.15) is 54.6 Å². The molecule has 0 saturated heterocycles. The first kappa shape index (κ1) is 37.7. The molecule has 50 heavy (non-hydrogen) atoms. The van der Waals surface area contributed by atoms with Gasteiger partial charge in [-0.05, 0) is 43.7 Å².